The fourth-order valence-corrected chi connectivity index (χ4v) is 3.86. The highest BCUT2D eigenvalue weighted by atomic mass is 19.4. The number of alkyl halides is 3. The van der Waals surface area contributed by atoms with Crippen molar-refractivity contribution < 1.29 is 31.9 Å². The van der Waals surface area contributed by atoms with Crippen LogP contribution >= 0.6 is 0 Å². The second kappa shape index (κ2) is 8.07. The van der Waals surface area contributed by atoms with Crippen molar-refractivity contribution in [3.8, 4) is 16.9 Å². The molecule has 2 heterocycles. The predicted octanol–water partition coefficient (Wildman–Crippen LogP) is 5.25. The van der Waals surface area contributed by atoms with E-state index in [0.29, 0.717) is 22.5 Å². The Morgan fingerprint density at radius 2 is 1.72 bits per heavy atom. The zero-order valence-electron chi connectivity index (χ0n) is 17.2. The number of carbonyl (C=O) groups excluding carboxylic acids is 2. The lowest BCUT2D eigenvalue weighted by molar-refractivity contribution is -0.274. The monoisotopic (exact) mass is 444 g/mol. The fraction of sp³-hybridized carbons (Fsp3) is 0.217. The zero-order chi connectivity index (χ0) is 23.0. The third-order valence-corrected chi connectivity index (χ3v) is 5.15. The molecule has 2 aromatic carbocycles. The van der Waals surface area contributed by atoms with Gasteiger partial charge in [0.25, 0.3) is 5.91 Å². The predicted molar refractivity (Wildman–Crippen MR) is 112 cm³/mol. The standard InChI is InChI=1S/C23H19F3N2O4/c1-14-13-27(22(30)21-4-3-11-31-21)20-12-17(7-10-19(20)28(14)15(2)29)16-5-8-18(9-6-16)32-23(24,25)26/h3-12,14H,13H2,1-2H3/t14-/m0/s1. The molecule has 4 rings (SSSR count). The van der Waals surface area contributed by atoms with Gasteiger partial charge in [-0.15, -0.1) is 13.2 Å². The maximum absolute atomic E-state index is 13.1. The summed E-state index contributed by atoms with van der Waals surface area (Å²) < 4.78 is 46.4. The summed E-state index contributed by atoms with van der Waals surface area (Å²) in [5.41, 5.74) is 2.36. The van der Waals surface area contributed by atoms with Crippen LogP contribution in [0.3, 0.4) is 0 Å². The van der Waals surface area contributed by atoms with Crippen LogP contribution in [0.15, 0.2) is 65.3 Å². The Morgan fingerprint density at radius 1 is 1.03 bits per heavy atom. The Labute approximate surface area is 181 Å². The molecular formula is C23H19F3N2O4. The number of halogens is 3. The van der Waals surface area contributed by atoms with E-state index in [1.165, 1.54) is 37.5 Å². The number of fused-ring (bicyclic) bond motifs is 1. The van der Waals surface area contributed by atoms with Gasteiger partial charge in [-0.05, 0) is 54.4 Å². The van der Waals surface area contributed by atoms with Crippen molar-refractivity contribution >= 4 is 23.2 Å². The van der Waals surface area contributed by atoms with Gasteiger partial charge in [0.15, 0.2) is 5.76 Å². The number of furan rings is 1. The molecule has 0 saturated heterocycles. The second-order valence-corrected chi connectivity index (χ2v) is 7.41. The van der Waals surface area contributed by atoms with Gasteiger partial charge < -0.3 is 19.0 Å². The molecular weight excluding hydrogens is 425 g/mol. The molecule has 1 aromatic heterocycles. The molecule has 0 bridgehead atoms. The van der Waals surface area contributed by atoms with Gasteiger partial charge in [-0.1, -0.05) is 18.2 Å². The first kappa shape index (κ1) is 21.5. The highest BCUT2D eigenvalue weighted by molar-refractivity contribution is 6.10. The molecule has 2 amide bonds. The maximum Gasteiger partial charge on any atom is 0.573 e. The summed E-state index contributed by atoms with van der Waals surface area (Å²) in [5, 5.41) is 0. The number of nitrogens with zero attached hydrogens (tertiary/aromatic N) is 2. The number of hydrogen-bond acceptors (Lipinski definition) is 4. The summed E-state index contributed by atoms with van der Waals surface area (Å²) in [7, 11) is 0. The van der Waals surface area contributed by atoms with Gasteiger partial charge >= 0.3 is 6.36 Å². The van der Waals surface area contributed by atoms with Crippen LogP contribution in [0.1, 0.15) is 24.4 Å². The van der Waals surface area contributed by atoms with E-state index in [9.17, 15) is 22.8 Å². The van der Waals surface area contributed by atoms with E-state index in [2.05, 4.69) is 4.74 Å². The van der Waals surface area contributed by atoms with Gasteiger partial charge in [-0.3, -0.25) is 9.59 Å². The quantitative estimate of drug-likeness (QED) is 0.554. The molecule has 0 saturated carbocycles. The summed E-state index contributed by atoms with van der Waals surface area (Å²) >= 11 is 0. The minimum atomic E-state index is -4.77. The number of rotatable bonds is 3. The van der Waals surface area contributed by atoms with Crippen molar-refractivity contribution in [2.75, 3.05) is 16.3 Å². The Balaban J connectivity index is 1.75. The van der Waals surface area contributed by atoms with Crippen LogP contribution < -0.4 is 14.5 Å². The van der Waals surface area contributed by atoms with E-state index in [1.807, 2.05) is 6.92 Å². The van der Waals surface area contributed by atoms with Crippen molar-refractivity contribution in [1.29, 1.82) is 0 Å². The topological polar surface area (TPSA) is 63.0 Å². The van der Waals surface area contributed by atoms with Crippen LogP contribution in [0.25, 0.3) is 11.1 Å². The molecule has 6 nitrogen and oxygen atoms in total. The first-order valence-corrected chi connectivity index (χ1v) is 9.79. The first-order chi connectivity index (χ1) is 15.1. The average Bonchev–Trinajstić information content (AvgIpc) is 3.26. The molecule has 0 radical (unpaired) electrons. The molecule has 0 fully saturated rings. The molecule has 3 aromatic rings. The average molecular weight is 444 g/mol. The van der Waals surface area contributed by atoms with E-state index < -0.39 is 6.36 Å². The lowest BCUT2D eigenvalue weighted by Crippen LogP contribution is -2.51. The third kappa shape index (κ3) is 4.18. The Bertz CT molecular complexity index is 1140. The molecule has 0 unspecified atom stereocenters. The van der Waals surface area contributed by atoms with Gasteiger partial charge in [0.2, 0.25) is 5.91 Å². The van der Waals surface area contributed by atoms with Crippen molar-refractivity contribution in [3.63, 3.8) is 0 Å². The highest BCUT2D eigenvalue weighted by Crippen LogP contribution is 2.40. The minimum absolute atomic E-state index is 0.162. The molecule has 1 aliphatic heterocycles. The SMILES string of the molecule is CC(=O)N1c2ccc(-c3ccc(OC(F)(F)F)cc3)cc2N(C(=O)c2ccco2)C[C@@H]1C. The summed E-state index contributed by atoms with van der Waals surface area (Å²) in [5.74, 6) is -0.675. The lowest BCUT2D eigenvalue weighted by atomic mass is 10.00. The minimum Gasteiger partial charge on any atom is -0.459 e. The van der Waals surface area contributed by atoms with Crippen LogP contribution in [0.2, 0.25) is 0 Å². The van der Waals surface area contributed by atoms with Crippen molar-refractivity contribution in [1.82, 2.24) is 0 Å². The van der Waals surface area contributed by atoms with Gasteiger partial charge in [-0.2, -0.15) is 0 Å². The van der Waals surface area contributed by atoms with E-state index in [1.54, 1.807) is 40.1 Å². The number of amides is 2. The van der Waals surface area contributed by atoms with Crippen LogP contribution in [0.5, 0.6) is 5.75 Å². The van der Waals surface area contributed by atoms with E-state index in [-0.39, 0.29) is 35.9 Å². The van der Waals surface area contributed by atoms with Gasteiger partial charge in [-0.25, -0.2) is 0 Å². The summed E-state index contributed by atoms with van der Waals surface area (Å²) in [4.78, 5) is 28.5. The molecule has 1 atom stereocenters. The fourth-order valence-electron chi connectivity index (χ4n) is 3.86. The smallest absolute Gasteiger partial charge is 0.459 e. The number of benzene rings is 2. The van der Waals surface area contributed by atoms with Gasteiger partial charge in [0, 0.05) is 13.5 Å². The molecule has 9 heteroatoms. The largest absolute Gasteiger partial charge is 0.573 e. The highest BCUT2D eigenvalue weighted by Gasteiger charge is 2.35. The Morgan fingerprint density at radius 3 is 2.31 bits per heavy atom. The van der Waals surface area contributed by atoms with Crippen LogP contribution in [0.4, 0.5) is 24.5 Å². The normalized spacial score (nSPS) is 16.0. The van der Waals surface area contributed by atoms with Crippen LogP contribution in [-0.4, -0.2) is 30.8 Å². The van der Waals surface area contributed by atoms with E-state index >= 15 is 0 Å². The number of hydrogen-bond donors (Lipinski definition) is 0. The summed E-state index contributed by atoms with van der Waals surface area (Å²) in [6.45, 7) is 3.56. The zero-order valence-corrected chi connectivity index (χ0v) is 17.2. The second-order valence-electron chi connectivity index (χ2n) is 7.41. The molecule has 0 aliphatic carbocycles. The van der Waals surface area contributed by atoms with E-state index in [4.69, 9.17) is 4.42 Å². The van der Waals surface area contributed by atoms with Gasteiger partial charge in [0.05, 0.1) is 23.7 Å². The summed E-state index contributed by atoms with van der Waals surface area (Å²) in [6.07, 6.45) is -3.36. The molecule has 32 heavy (non-hydrogen) atoms. The Kier molecular flexibility index (Phi) is 5.41. The number of ether oxygens (including phenoxy) is 1. The molecule has 166 valence electrons. The first-order valence-electron chi connectivity index (χ1n) is 9.79. The van der Waals surface area contributed by atoms with Gasteiger partial charge in [0.1, 0.15) is 5.75 Å². The van der Waals surface area contributed by atoms with Crippen molar-refractivity contribution in [2.24, 2.45) is 0 Å². The molecule has 0 N–H and O–H groups in total. The van der Waals surface area contributed by atoms with Crippen molar-refractivity contribution in [2.45, 2.75) is 26.3 Å². The molecule has 1 aliphatic rings. The maximum atomic E-state index is 13.1. The van der Waals surface area contributed by atoms with Crippen LogP contribution in [-0.2, 0) is 4.79 Å². The summed E-state index contributed by atoms with van der Waals surface area (Å²) in [6, 6.07) is 13.6. The number of anilines is 2. The van der Waals surface area contributed by atoms with Crippen molar-refractivity contribution in [3.05, 3.63) is 66.6 Å². The van der Waals surface area contributed by atoms with E-state index in [0.717, 1.165) is 0 Å². The number of carbonyl (C=O) groups is 2. The molecule has 0 spiro atoms. The third-order valence-electron chi connectivity index (χ3n) is 5.15. The Hall–Kier alpha value is -3.75. The van der Waals surface area contributed by atoms with Crippen LogP contribution in [0, 0.1) is 0 Å². The lowest BCUT2D eigenvalue weighted by Gasteiger charge is -2.40.